The van der Waals surface area contributed by atoms with E-state index in [1.54, 1.807) is 11.8 Å². The number of carbonyl (C=O) groups excluding carboxylic acids is 1. The van der Waals surface area contributed by atoms with Gasteiger partial charge in [-0.15, -0.1) is 11.8 Å². The van der Waals surface area contributed by atoms with E-state index in [0.29, 0.717) is 17.5 Å². The molecule has 1 heterocycles. The summed E-state index contributed by atoms with van der Waals surface area (Å²) in [5, 5.41) is 3.84. The minimum Gasteiger partial charge on any atom is -0.377 e. The van der Waals surface area contributed by atoms with Crippen LogP contribution in [0.4, 0.5) is 0 Å². The number of aromatic nitrogens is 2. The molecule has 0 N–H and O–H groups in total. The SMILES string of the molecule is COCC(=O)Cc1nc(CSc2ccccc2)no1. The highest BCUT2D eigenvalue weighted by Crippen LogP contribution is 2.20. The van der Waals surface area contributed by atoms with Crippen molar-refractivity contribution in [1.82, 2.24) is 10.1 Å². The van der Waals surface area contributed by atoms with Gasteiger partial charge in [-0.3, -0.25) is 4.79 Å². The molecule has 0 spiro atoms. The van der Waals surface area contributed by atoms with Gasteiger partial charge in [0, 0.05) is 12.0 Å². The van der Waals surface area contributed by atoms with Gasteiger partial charge in [-0.2, -0.15) is 4.98 Å². The van der Waals surface area contributed by atoms with Crippen molar-refractivity contribution >= 4 is 17.5 Å². The summed E-state index contributed by atoms with van der Waals surface area (Å²) in [5.74, 6) is 1.47. The fourth-order valence-corrected chi connectivity index (χ4v) is 2.23. The molecular weight excluding hydrogens is 264 g/mol. The summed E-state index contributed by atoms with van der Waals surface area (Å²) in [6.07, 6.45) is 0.122. The molecule has 0 radical (unpaired) electrons. The van der Waals surface area contributed by atoms with Crippen LogP contribution in [-0.4, -0.2) is 29.6 Å². The number of methoxy groups -OCH3 is 1. The molecule has 0 unspecified atom stereocenters. The standard InChI is InChI=1S/C13H14N2O3S/c1-17-8-10(16)7-13-14-12(15-18-13)9-19-11-5-3-2-4-6-11/h2-6H,7-9H2,1H3. The van der Waals surface area contributed by atoms with Crippen LogP contribution >= 0.6 is 11.8 Å². The third-order valence-corrected chi connectivity index (χ3v) is 3.28. The Balaban J connectivity index is 1.85. The number of rotatable bonds is 7. The Morgan fingerprint density at radius 3 is 2.89 bits per heavy atom. The molecule has 100 valence electrons. The number of Topliss-reactive ketones (excluding diaryl/α,β-unsaturated/α-hetero) is 1. The molecule has 0 aliphatic heterocycles. The third kappa shape index (κ3) is 4.50. The summed E-state index contributed by atoms with van der Waals surface area (Å²) in [4.78, 5) is 16.7. The molecule has 0 saturated carbocycles. The van der Waals surface area contributed by atoms with Crippen LogP contribution in [0.25, 0.3) is 0 Å². The highest BCUT2D eigenvalue weighted by atomic mass is 32.2. The van der Waals surface area contributed by atoms with Crippen LogP contribution in [0, 0.1) is 0 Å². The van der Waals surface area contributed by atoms with E-state index in [0.717, 1.165) is 4.90 Å². The van der Waals surface area contributed by atoms with Crippen molar-refractivity contribution in [3.8, 4) is 0 Å². The first-order valence-corrected chi connectivity index (χ1v) is 6.76. The Hall–Kier alpha value is -1.66. The van der Waals surface area contributed by atoms with Crippen LogP contribution in [-0.2, 0) is 21.7 Å². The van der Waals surface area contributed by atoms with Gasteiger partial charge in [0.15, 0.2) is 11.6 Å². The molecule has 1 aromatic heterocycles. The minimum atomic E-state index is -0.0755. The number of hydrogen-bond donors (Lipinski definition) is 0. The number of ketones is 1. The number of carbonyl (C=O) groups is 1. The molecule has 19 heavy (non-hydrogen) atoms. The second-order valence-corrected chi connectivity index (χ2v) is 4.90. The predicted molar refractivity (Wildman–Crippen MR) is 70.9 cm³/mol. The Bertz CT molecular complexity index is 528. The molecule has 0 saturated heterocycles. The van der Waals surface area contributed by atoms with Crippen LogP contribution in [0.2, 0.25) is 0 Å². The van der Waals surface area contributed by atoms with Crippen molar-refractivity contribution in [2.75, 3.05) is 13.7 Å². The maximum atomic E-state index is 11.3. The molecule has 0 bridgehead atoms. The van der Waals surface area contributed by atoms with Gasteiger partial charge in [0.25, 0.3) is 0 Å². The number of ether oxygens (including phenoxy) is 1. The van der Waals surface area contributed by atoms with Crippen molar-refractivity contribution in [2.45, 2.75) is 17.1 Å². The normalized spacial score (nSPS) is 10.6. The lowest BCUT2D eigenvalue weighted by atomic mass is 10.3. The first-order valence-electron chi connectivity index (χ1n) is 5.78. The number of thioether (sulfide) groups is 1. The van der Waals surface area contributed by atoms with Crippen molar-refractivity contribution in [1.29, 1.82) is 0 Å². The van der Waals surface area contributed by atoms with Gasteiger partial charge in [-0.25, -0.2) is 0 Å². The molecule has 5 nitrogen and oxygen atoms in total. The van der Waals surface area contributed by atoms with E-state index in [9.17, 15) is 4.79 Å². The molecule has 0 fully saturated rings. The largest absolute Gasteiger partial charge is 0.377 e. The van der Waals surface area contributed by atoms with Gasteiger partial charge in [-0.1, -0.05) is 23.4 Å². The first-order chi connectivity index (χ1) is 9.28. The van der Waals surface area contributed by atoms with E-state index in [1.807, 2.05) is 30.3 Å². The van der Waals surface area contributed by atoms with Gasteiger partial charge in [-0.05, 0) is 12.1 Å². The van der Waals surface area contributed by atoms with Gasteiger partial charge < -0.3 is 9.26 Å². The quantitative estimate of drug-likeness (QED) is 0.723. The maximum Gasteiger partial charge on any atom is 0.234 e. The highest BCUT2D eigenvalue weighted by Gasteiger charge is 2.11. The smallest absolute Gasteiger partial charge is 0.234 e. The zero-order valence-corrected chi connectivity index (χ0v) is 11.4. The molecular formula is C13H14N2O3S. The fraction of sp³-hybridized carbons (Fsp3) is 0.308. The molecule has 0 amide bonds. The number of hydrogen-bond acceptors (Lipinski definition) is 6. The lowest BCUT2D eigenvalue weighted by Gasteiger charge is -1.96. The van der Waals surface area contributed by atoms with E-state index < -0.39 is 0 Å². The molecule has 0 aliphatic carbocycles. The average Bonchev–Trinajstić information content (AvgIpc) is 2.85. The molecule has 1 aromatic carbocycles. The second kappa shape index (κ2) is 7.06. The van der Waals surface area contributed by atoms with Gasteiger partial charge in [0.2, 0.25) is 5.89 Å². The molecule has 6 heteroatoms. The van der Waals surface area contributed by atoms with Crippen molar-refractivity contribution in [3.63, 3.8) is 0 Å². The molecule has 2 rings (SSSR count). The summed E-state index contributed by atoms with van der Waals surface area (Å²) in [6.45, 7) is 0.0660. The van der Waals surface area contributed by atoms with Crippen LogP contribution in [0.15, 0.2) is 39.8 Å². The van der Waals surface area contributed by atoms with E-state index in [1.165, 1.54) is 7.11 Å². The van der Waals surface area contributed by atoms with E-state index >= 15 is 0 Å². The Kier molecular flexibility index (Phi) is 5.11. The predicted octanol–water partition coefficient (Wildman–Crippen LogP) is 2.12. The number of benzene rings is 1. The summed E-state index contributed by atoms with van der Waals surface area (Å²) in [6, 6.07) is 9.97. The Labute approximate surface area is 115 Å². The lowest BCUT2D eigenvalue weighted by molar-refractivity contribution is -0.122. The van der Waals surface area contributed by atoms with Crippen LogP contribution < -0.4 is 0 Å². The maximum absolute atomic E-state index is 11.3. The van der Waals surface area contributed by atoms with Gasteiger partial charge in [0.1, 0.15) is 6.61 Å². The minimum absolute atomic E-state index is 0.0660. The first kappa shape index (κ1) is 13.8. The summed E-state index contributed by atoms with van der Waals surface area (Å²) in [7, 11) is 1.48. The summed E-state index contributed by atoms with van der Waals surface area (Å²) in [5.41, 5.74) is 0. The second-order valence-electron chi connectivity index (χ2n) is 3.85. The average molecular weight is 278 g/mol. The van der Waals surface area contributed by atoms with Crippen LogP contribution in [0.1, 0.15) is 11.7 Å². The highest BCUT2D eigenvalue weighted by molar-refractivity contribution is 7.98. The molecule has 2 aromatic rings. The molecule has 0 aliphatic rings. The van der Waals surface area contributed by atoms with E-state index in [-0.39, 0.29) is 18.8 Å². The van der Waals surface area contributed by atoms with Crippen molar-refractivity contribution in [2.24, 2.45) is 0 Å². The Morgan fingerprint density at radius 1 is 1.37 bits per heavy atom. The Morgan fingerprint density at radius 2 is 2.16 bits per heavy atom. The summed E-state index contributed by atoms with van der Waals surface area (Å²) < 4.78 is 9.76. The van der Waals surface area contributed by atoms with Crippen molar-refractivity contribution in [3.05, 3.63) is 42.0 Å². The fourth-order valence-electron chi connectivity index (χ4n) is 1.47. The molecule has 0 atom stereocenters. The van der Waals surface area contributed by atoms with Gasteiger partial charge >= 0.3 is 0 Å². The zero-order chi connectivity index (χ0) is 13.5. The van der Waals surface area contributed by atoms with Crippen molar-refractivity contribution < 1.29 is 14.1 Å². The lowest BCUT2D eigenvalue weighted by Crippen LogP contribution is -2.09. The van der Waals surface area contributed by atoms with E-state index in [4.69, 9.17) is 9.26 Å². The zero-order valence-electron chi connectivity index (χ0n) is 10.5. The van der Waals surface area contributed by atoms with Crippen LogP contribution in [0.5, 0.6) is 0 Å². The number of nitrogens with zero attached hydrogens (tertiary/aromatic N) is 2. The van der Waals surface area contributed by atoms with Crippen LogP contribution in [0.3, 0.4) is 0 Å². The summed E-state index contributed by atoms with van der Waals surface area (Å²) >= 11 is 1.62. The third-order valence-electron chi connectivity index (χ3n) is 2.28. The van der Waals surface area contributed by atoms with E-state index in [2.05, 4.69) is 10.1 Å². The topological polar surface area (TPSA) is 65.2 Å². The van der Waals surface area contributed by atoms with Gasteiger partial charge in [0.05, 0.1) is 12.2 Å². The monoisotopic (exact) mass is 278 g/mol.